The zero-order chi connectivity index (χ0) is 13.9. The molecule has 20 heavy (non-hydrogen) atoms. The quantitative estimate of drug-likeness (QED) is 0.638. The second-order valence-corrected chi connectivity index (χ2v) is 5.54. The zero-order valence-electron chi connectivity index (χ0n) is 11.0. The summed E-state index contributed by atoms with van der Waals surface area (Å²) < 4.78 is 1.11. The van der Waals surface area contributed by atoms with Crippen molar-refractivity contribution >= 4 is 33.2 Å². The van der Waals surface area contributed by atoms with Crippen molar-refractivity contribution in [2.75, 3.05) is 0 Å². The lowest BCUT2D eigenvalue weighted by Crippen LogP contribution is -1.83. The molecule has 0 saturated heterocycles. The summed E-state index contributed by atoms with van der Waals surface area (Å²) in [6, 6.07) is 18.2. The Morgan fingerprint density at radius 1 is 1.15 bits per heavy atom. The topological polar surface area (TPSA) is 36.7 Å². The molecule has 2 nitrogen and oxygen atoms in total. The molecule has 1 aromatic heterocycles. The number of nitriles is 1. The predicted octanol–water partition coefficient (Wildman–Crippen LogP) is 4.67. The lowest BCUT2D eigenvalue weighted by molar-refractivity contribution is 1.42. The monoisotopic (exact) mass is 276 g/mol. The van der Waals surface area contributed by atoms with Gasteiger partial charge in [0.15, 0.2) is 0 Å². The third kappa shape index (κ3) is 2.34. The fourth-order valence-corrected chi connectivity index (χ4v) is 2.97. The number of hydrogen-bond acceptors (Lipinski definition) is 3. The summed E-state index contributed by atoms with van der Waals surface area (Å²) in [7, 11) is 0. The number of benzene rings is 2. The van der Waals surface area contributed by atoms with E-state index >= 15 is 0 Å². The van der Waals surface area contributed by atoms with Gasteiger partial charge in [-0.3, -0.25) is 0 Å². The van der Waals surface area contributed by atoms with Gasteiger partial charge in [0, 0.05) is 0 Å². The van der Waals surface area contributed by atoms with Gasteiger partial charge in [0.05, 0.1) is 15.8 Å². The van der Waals surface area contributed by atoms with Gasteiger partial charge in [-0.05, 0) is 36.3 Å². The van der Waals surface area contributed by atoms with E-state index in [2.05, 4.69) is 11.1 Å². The number of nitrogens with zero attached hydrogens (tertiary/aromatic N) is 2. The second-order valence-electron chi connectivity index (χ2n) is 4.51. The number of fused-ring (bicyclic) bond motifs is 1. The van der Waals surface area contributed by atoms with E-state index in [9.17, 15) is 5.26 Å². The number of para-hydroxylation sites is 1. The number of allylic oxidation sites excluding steroid dienone is 1. The largest absolute Gasteiger partial charge is 0.235 e. The van der Waals surface area contributed by atoms with Crippen molar-refractivity contribution in [3.8, 4) is 6.07 Å². The highest BCUT2D eigenvalue weighted by atomic mass is 32.1. The van der Waals surface area contributed by atoms with E-state index < -0.39 is 0 Å². The Morgan fingerprint density at radius 3 is 2.65 bits per heavy atom. The molecule has 1 heterocycles. The molecule has 0 unspecified atom stereocenters. The Labute approximate surface area is 121 Å². The summed E-state index contributed by atoms with van der Waals surface area (Å²) in [5.74, 6) is 0. The summed E-state index contributed by atoms with van der Waals surface area (Å²) in [4.78, 5) is 4.54. The van der Waals surface area contributed by atoms with Crippen LogP contribution in [0.5, 0.6) is 0 Å². The Bertz CT molecular complexity index is 804. The van der Waals surface area contributed by atoms with Gasteiger partial charge < -0.3 is 0 Å². The van der Waals surface area contributed by atoms with Crippen LogP contribution in [0.2, 0.25) is 0 Å². The van der Waals surface area contributed by atoms with E-state index in [4.69, 9.17) is 0 Å². The molecule has 2 aromatic carbocycles. The molecule has 3 rings (SSSR count). The first-order valence-electron chi connectivity index (χ1n) is 6.31. The van der Waals surface area contributed by atoms with Crippen LogP contribution in [-0.2, 0) is 0 Å². The fraction of sp³-hybridized carbons (Fsp3) is 0.0588. The molecule has 0 aliphatic carbocycles. The maximum Gasteiger partial charge on any atom is 0.135 e. The van der Waals surface area contributed by atoms with Crippen LogP contribution in [0.15, 0.2) is 48.5 Å². The lowest BCUT2D eigenvalue weighted by Gasteiger charge is -1.99. The average Bonchev–Trinajstić information content (AvgIpc) is 2.90. The van der Waals surface area contributed by atoms with Crippen LogP contribution in [-0.4, -0.2) is 4.98 Å². The predicted molar refractivity (Wildman–Crippen MR) is 84.3 cm³/mol. The van der Waals surface area contributed by atoms with Crippen molar-refractivity contribution < 1.29 is 0 Å². The van der Waals surface area contributed by atoms with Gasteiger partial charge >= 0.3 is 0 Å². The third-order valence-corrected chi connectivity index (χ3v) is 4.20. The number of aromatic nitrogens is 1. The number of rotatable bonds is 2. The molecule has 0 aliphatic heterocycles. The molecule has 0 aliphatic rings. The van der Waals surface area contributed by atoms with E-state index in [0.717, 1.165) is 26.4 Å². The zero-order valence-corrected chi connectivity index (χ0v) is 11.8. The van der Waals surface area contributed by atoms with E-state index in [0.29, 0.717) is 5.57 Å². The Morgan fingerprint density at radius 2 is 1.90 bits per heavy atom. The molecule has 0 radical (unpaired) electrons. The van der Waals surface area contributed by atoms with Crippen LogP contribution in [0.3, 0.4) is 0 Å². The van der Waals surface area contributed by atoms with Crippen LogP contribution in [0.1, 0.15) is 16.1 Å². The highest BCUT2D eigenvalue weighted by Gasteiger charge is 2.08. The Kier molecular flexibility index (Phi) is 3.32. The summed E-state index contributed by atoms with van der Waals surface area (Å²) in [6.45, 7) is 2.04. The first-order valence-corrected chi connectivity index (χ1v) is 7.13. The van der Waals surface area contributed by atoms with Gasteiger partial charge in [-0.1, -0.05) is 36.4 Å². The van der Waals surface area contributed by atoms with Gasteiger partial charge in [-0.15, -0.1) is 11.3 Å². The maximum absolute atomic E-state index is 9.41. The molecule has 3 aromatic rings. The molecule has 0 fully saturated rings. The first kappa shape index (κ1) is 12.6. The normalized spacial score (nSPS) is 11.5. The number of aryl methyl sites for hydroxylation is 1. The van der Waals surface area contributed by atoms with Crippen LogP contribution in [0.25, 0.3) is 21.9 Å². The third-order valence-electron chi connectivity index (χ3n) is 3.13. The van der Waals surface area contributed by atoms with Crippen LogP contribution >= 0.6 is 11.3 Å². The molecule has 0 bridgehead atoms. The first-order chi connectivity index (χ1) is 9.78. The summed E-state index contributed by atoms with van der Waals surface area (Å²) in [5.41, 5.74) is 3.77. The summed E-state index contributed by atoms with van der Waals surface area (Å²) >= 11 is 1.55. The van der Waals surface area contributed by atoms with E-state index in [1.54, 1.807) is 11.3 Å². The minimum absolute atomic E-state index is 0.612. The average molecular weight is 276 g/mol. The Balaban J connectivity index is 2.10. The number of hydrogen-bond donors (Lipinski definition) is 0. The van der Waals surface area contributed by atoms with Gasteiger partial charge in [-0.2, -0.15) is 5.26 Å². The minimum Gasteiger partial charge on any atom is -0.235 e. The van der Waals surface area contributed by atoms with Gasteiger partial charge in [0.2, 0.25) is 0 Å². The van der Waals surface area contributed by atoms with E-state index in [-0.39, 0.29) is 0 Å². The van der Waals surface area contributed by atoms with Gasteiger partial charge in [0.1, 0.15) is 11.1 Å². The maximum atomic E-state index is 9.41. The van der Waals surface area contributed by atoms with Crippen molar-refractivity contribution in [3.63, 3.8) is 0 Å². The molecule has 0 atom stereocenters. The van der Waals surface area contributed by atoms with Crippen molar-refractivity contribution in [1.29, 1.82) is 5.26 Å². The van der Waals surface area contributed by atoms with E-state index in [1.165, 1.54) is 0 Å². The molecule has 0 N–H and O–H groups in total. The van der Waals surface area contributed by atoms with Crippen LogP contribution in [0, 0.1) is 18.3 Å². The minimum atomic E-state index is 0.612. The fourth-order valence-electron chi connectivity index (χ4n) is 2.03. The summed E-state index contributed by atoms with van der Waals surface area (Å²) in [6.07, 6.45) is 1.91. The van der Waals surface area contributed by atoms with Gasteiger partial charge in [0.25, 0.3) is 0 Å². The molecule has 0 spiro atoms. The van der Waals surface area contributed by atoms with Crippen molar-refractivity contribution in [2.24, 2.45) is 0 Å². The second kappa shape index (κ2) is 5.28. The van der Waals surface area contributed by atoms with Crippen molar-refractivity contribution in [2.45, 2.75) is 6.92 Å². The smallest absolute Gasteiger partial charge is 0.135 e. The van der Waals surface area contributed by atoms with Crippen LogP contribution < -0.4 is 0 Å². The molecule has 0 amide bonds. The molecular formula is C17H12N2S. The van der Waals surface area contributed by atoms with Gasteiger partial charge in [-0.25, -0.2) is 4.98 Å². The standard InChI is InChI=1S/C17H12N2S/c1-12-6-2-3-7-13(12)10-14(11-18)17-19-15-8-4-5-9-16(15)20-17/h2-10H,1H3. The van der Waals surface area contributed by atoms with Crippen LogP contribution in [0.4, 0.5) is 0 Å². The molecule has 3 heteroatoms. The highest BCUT2D eigenvalue weighted by Crippen LogP contribution is 2.28. The van der Waals surface area contributed by atoms with Crippen molar-refractivity contribution in [3.05, 3.63) is 64.7 Å². The number of thiazole rings is 1. The van der Waals surface area contributed by atoms with E-state index in [1.807, 2.05) is 61.5 Å². The van der Waals surface area contributed by atoms with Crippen molar-refractivity contribution in [1.82, 2.24) is 4.98 Å². The Hall–Kier alpha value is -2.44. The highest BCUT2D eigenvalue weighted by molar-refractivity contribution is 7.19. The molecular weight excluding hydrogens is 264 g/mol. The SMILES string of the molecule is Cc1ccccc1C=C(C#N)c1nc2ccccc2s1. The summed E-state index contributed by atoms with van der Waals surface area (Å²) in [5, 5.41) is 10.2. The molecule has 96 valence electrons. The molecule has 0 saturated carbocycles. The lowest BCUT2D eigenvalue weighted by atomic mass is 10.1.